The normalized spacial score (nSPS) is 13.4. The Bertz CT molecular complexity index is 462. The highest BCUT2D eigenvalue weighted by Gasteiger charge is 2.32. The minimum absolute atomic E-state index is 0.141. The molecule has 5 heteroatoms. The first-order valence-electron chi connectivity index (χ1n) is 8.51. The Balaban J connectivity index is 2.57. The quantitative estimate of drug-likeness (QED) is 0.621. The van der Waals surface area contributed by atoms with Crippen LogP contribution in [0.3, 0.4) is 0 Å². The second kappa shape index (κ2) is 10.2. The third kappa shape index (κ3) is 6.57. The Morgan fingerprint density at radius 1 is 1.22 bits per heavy atom. The summed E-state index contributed by atoms with van der Waals surface area (Å²) in [5.41, 5.74) is -0.164. The average Bonchev–Trinajstić information content (AvgIpc) is 2.56. The van der Waals surface area contributed by atoms with Crippen molar-refractivity contribution in [3.63, 3.8) is 0 Å². The molecule has 1 rings (SSSR count). The minimum atomic E-state index is -0.814. The maximum absolute atomic E-state index is 12.5. The van der Waals surface area contributed by atoms with Gasteiger partial charge in [-0.2, -0.15) is 0 Å². The van der Waals surface area contributed by atoms with Crippen LogP contribution in [0.2, 0.25) is 0 Å². The van der Waals surface area contributed by atoms with Crippen molar-refractivity contribution in [1.29, 1.82) is 0 Å². The molecule has 5 nitrogen and oxygen atoms in total. The highest BCUT2D eigenvalue weighted by Crippen LogP contribution is 2.21. The topological polar surface area (TPSA) is 60.5 Å². The molecule has 1 N–H and O–H groups in total. The van der Waals surface area contributed by atoms with Gasteiger partial charge in [-0.3, -0.25) is 4.79 Å². The fourth-order valence-electron chi connectivity index (χ4n) is 2.14. The maximum atomic E-state index is 12.5. The number of methoxy groups -OCH3 is 1. The Morgan fingerprint density at radius 3 is 2.52 bits per heavy atom. The molecular weight excluding hydrogens is 292 g/mol. The molecule has 0 saturated heterocycles. The van der Waals surface area contributed by atoms with Crippen molar-refractivity contribution in [1.82, 2.24) is 4.98 Å². The first kappa shape index (κ1) is 19.4. The van der Waals surface area contributed by atoms with Crippen molar-refractivity contribution in [3.05, 3.63) is 18.3 Å². The van der Waals surface area contributed by atoms with Crippen LogP contribution in [0.4, 0.5) is 5.69 Å². The van der Waals surface area contributed by atoms with Crippen LogP contribution < -0.4 is 10.1 Å². The van der Waals surface area contributed by atoms with Gasteiger partial charge in [0.25, 0.3) is 5.91 Å². The third-order valence-electron chi connectivity index (χ3n) is 3.93. The number of amides is 1. The van der Waals surface area contributed by atoms with Crippen LogP contribution in [0.5, 0.6) is 5.88 Å². The zero-order valence-electron chi connectivity index (χ0n) is 14.9. The molecule has 0 aromatic carbocycles. The summed E-state index contributed by atoms with van der Waals surface area (Å²) in [6.07, 6.45) is 7.58. The van der Waals surface area contributed by atoms with Gasteiger partial charge in [0.05, 0.1) is 18.5 Å². The van der Waals surface area contributed by atoms with E-state index in [1.807, 2.05) is 6.92 Å². The highest BCUT2D eigenvalue weighted by molar-refractivity contribution is 5.96. The van der Waals surface area contributed by atoms with Gasteiger partial charge in [0.2, 0.25) is 5.88 Å². The molecule has 1 atom stereocenters. The molecule has 0 aliphatic heterocycles. The fourth-order valence-corrected chi connectivity index (χ4v) is 2.14. The van der Waals surface area contributed by atoms with Gasteiger partial charge in [-0.1, -0.05) is 39.5 Å². The Kier molecular flexibility index (Phi) is 8.62. The van der Waals surface area contributed by atoms with Gasteiger partial charge in [0.15, 0.2) is 0 Å². The third-order valence-corrected chi connectivity index (χ3v) is 3.93. The van der Waals surface area contributed by atoms with Crippen LogP contribution in [0.1, 0.15) is 59.3 Å². The predicted octanol–water partition coefficient (Wildman–Crippen LogP) is 4.18. The Labute approximate surface area is 139 Å². The molecule has 1 unspecified atom stereocenters. The molecule has 130 valence electrons. The summed E-state index contributed by atoms with van der Waals surface area (Å²) >= 11 is 0. The number of unbranched alkanes of at least 4 members (excludes halogenated alkanes) is 3. The van der Waals surface area contributed by atoms with Crippen molar-refractivity contribution >= 4 is 11.6 Å². The summed E-state index contributed by atoms with van der Waals surface area (Å²) in [6.45, 7) is 6.74. The van der Waals surface area contributed by atoms with E-state index in [-0.39, 0.29) is 5.91 Å². The van der Waals surface area contributed by atoms with Gasteiger partial charge >= 0.3 is 0 Å². The van der Waals surface area contributed by atoms with Crippen LogP contribution in [0, 0.1) is 0 Å². The first-order chi connectivity index (χ1) is 11.1. The molecule has 0 saturated carbocycles. The Morgan fingerprint density at radius 2 is 1.96 bits per heavy atom. The number of rotatable bonds is 11. The van der Waals surface area contributed by atoms with E-state index in [1.165, 1.54) is 0 Å². The summed E-state index contributed by atoms with van der Waals surface area (Å²) in [7, 11) is 1.58. The molecule has 0 fully saturated rings. The van der Waals surface area contributed by atoms with E-state index in [1.54, 1.807) is 25.4 Å². The SMILES string of the molecule is CCCCCC(C)(OC)C(=O)Nc1ccc(OCCCC)nc1. The van der Waals surface area contributed by atoms with Crippen LogP contribution in [0.25, 0.3) is 0 Å². The molecule has 0 spiro atoms. The van der Waals surface area contributed by atoms with Gasteiger partial charge < -0.3 is 14.8 Å². The van der Waals surface area contributed by atoms with Crippen molar-refractivity contribution in [2.75, 3.05) is 19.0 Å². The fraction of sp³-hybridized carbons (Fsp3) is 0.667. The van der Waals surface area contributed by atoms with Crippen molar-refractivity contribution in [2.24, 2.45) is 0 Å². The second-order valence-electron chi connectivity index (χ2n) is 5.93. The van der Waals surface area contributed by atoms with E-state index in [0.717, 1.165) is 32.1 Å². The number of hydrogen-bond donors (Lipinski definition) is 1. The average molecular weight is 322 g/mol. The van der Waals surface area contributed by atoms with E-state index in [9.17, 15) is 4.79 Å². The number of anilines is 1. The number of pyridine rings is 1. The zero-order chi connectivity index (χ0) is 17.1. The highest BCUT2D eigenvalue weighted by atomic mass is 16.5. The van der Waals surface area contributed by atoms with Gasteiger partial charge in [-0.25, -0.2) is 4.98 Å². The minimum Gasteiger partial charge on any atom is -0.478 e. The summed E-state index contributed by atoms with van der Waals surface area (Å²) < 4.78 is 11.0. The van der Waals surface area contributed by atoms with Crippen LogP contribution >= 0.6 is 0 Å². The monoisotopic (exact) mass is 322 g/mol. The van der Waals surface area contributed by atoms with E-state index in [2.05, 4.69) is 24.1 Å². The van der Waals surface area contributed by atoms with E-state index in [4.69, 9.17) is 9.47 Å². The van der Waals surface area contributed by atoms with E-state index < -0.39 is 5.60 Å². The molecule has 1 aromatic rings. The Hall–Kier alpha value is -1.62. The van der Waals surface area contributed by atoms with Crippen LogP contribution in [-0.2, 0) is 9.53 Å². The predicted molar refractivity (Wildman–Crippen MR) is 92.8 cm³/mol. The molecule has 0 bridgehead atoms. The number of nitrogens with one attached hydrogen (secondary N) is 1. The molecule has 0 aliphatic carbocycles. The summed E-state index contributed by atoms with van der Waals surface area (Å²) in [5.74, 6) is 0.437. The van der Waals surface area contributed by atoms with Gasteiger partial charge in [0, 0.05) is 13.2 Å². The van der Waals surface area contributed by atoms with E-state index >= 15 is 0 Å². The largest absolute Gasteiger partial charge is 0.478 e. The van der Waals surface area contributed by atoms with E-state index in [0.29, 0.717) is 24.6 Å². The number of ether oxygens (including phenoxy) is 2. The lowest BCUT2D eigenvalue weighted by Gasteiger charge is -2.26. The lowest BCUT2D eigenvalue weighted by Crippen LogP contribution is -2.42. The number of aromatic nitrogens is 1. The second-order valence-corrected chi connectivity index (χ2v) is 5.93. The van der Waals surface area contributed by atoms with Crippen LogP contribution in [-0.4, -0.2) is 30.2 Å². The smallest absolute Gasteiger partial charge is 0.256 e. The molecule has 23 heavy (non-hydrogen) atoms. The molecular formula is C18H30N2O3. The number of nitrogens with zero attached hydrogens (tertiary/aromatic N) is 1. The number of hydrogen-bond acceptors (Lipinski definition) is 4. The van der Waals surface area contributed by atoms with Crippen molar-refractivity contribution in [2.45, 2.75) is 64.9 Å². The van der Waals surface area contributed by atoms with Gasteiger partial charge in [0.1, 0.15) is 5.60 Å². The number of carbonyl (C=O) groups is 1. The summed E-state index contributed by atoms with van der Waals surface area (Å²) in [6, 6.07) is 3.57. The van der Waals surface area contributed by atoms with Gasteiger partial charge in [-0.05, 0) is 25.8 Å². The lowest BCUT2D eigenvalue weighted by molar-refractivity contribution is -0.136. The maximum Gasteiger partial charge on any atom is 0.256 e. The van der Waals surface area contributed by atoms with Crippen LogP contribution in [0.15, 0.2) is 18.3 Å². The molecule has 1 amide bonds. The molecule has 0 aliphatic rings. The first-order valence-corrected chi connectivity index (χ1v) is 8.51. The van der Waals surface area contributed by atoms with Crippen molar-refractivity contribution < 1.29 is 14.3 Å². The number of carbonyl (C=O) groups excluding carboxylic acids is 1. The van der Waals surface area contributed by atoms with Crippen molar-refractivity contribution in [3.8, 4) is 5.88 Å². The van der Waals surface area contributed by atoms with Gasteiger partial charge in [-0.15, -0.1) is 0 Å². The molecule has 0 radical (unpaired) electrons. The zero-order valence-corrected chi connectivity index (χ0v) is 14.9. The summed E-state index contributed by atoms with van der Waals surface area (Å²) in [4.78, 5) is 16.7. The standard InChI is InChI=1S/C18H30N2O3/c1-5-7-9-12-18(3,22-4)17(21)20-15-10-11-16(19-14-15)23-13-8-6-2/h10-11,14H,5-9,12-13H2,1-4H3,(H,20,21). The lowest BCUT2D eigenvalue weighted by atomic mass is 9.97. The molecule has 1 heterocycles. The molecule has 1 aromatic heterocycles. The summed E-state index contributed by atoms with van der Waals surface area (Å²) in [5, 5.41) is 2.87.